The van der Waals surface area contributed by atoms with Crippen LogP contribution in [0.15, 0.2) is 24.3 Å². The van der Waals surface area contributed by atoms with E-state index in [1.165, 1.54) is 0 Å². The number of carbonyl (C=O) groups excluding carboxylic acids is 1. The molecule has 1 aromatic rings. The number of hydrogen-bond acceptors (Lipinski definition) is 2. The first-order valence-corrected chi connectivity index (χ1v) is 5.22. The van der Waals surface area contributed by atoms with Crippen LogP contribution in [0, 0.1) is 5.92 Å². The molecule has 0 aliphatic carbocycles. The molecule has 1 aliphatic heterocycles. The molecule has 1 heterocycles. The Morgan fingerprint density at radius 1 is 1.47 bits per heavy atom. The number of carbonyl (C=O) groups is 1. The number of alkyl halides is 1. The van der Waals surface area contributed by atoms with Crippen molar-refractivity contribution in [2.45, 2.75) is 12.6 Å². The van der Waals surface area contributed by atoms with Crippen LogP contribution in [-0.4, -0.2) is 19.4 Å². The summed E-state index contributed by atoms with van der Waals surface area (Å²) in [7, 11) is 0. The smallest absolute Gasteiger partial charge is 0.150 e. The Hall–Kier alpha value is -1.22. The van der Waals surface area contributed by atoms with Crippen LogP contribution in [0.3, 0.4) is 0 Å². The molecule has 0 saturated carbocycles. The zero-order chi connectivity index (χ0) is 10.7. The number of benzene rings is 1. The first-order chi connectivity index (χ1) is 7.33. The van der Waals surface area contributed by atoms with E-state index in [2.05, 4.69) is 5.32 Å². The van der Waals surface area contributed by atoms with Gasteiger partial charge in [0.15, 0.2) is 0 Å². The van der Waals surface area contributed by atoms with Gasteiger partial charge in [-0.05, 0) is 18.5 Å². The first kappa shape index (κ1) is 10.3. The van der Waals surface area contributed by atoms with Crippen molar-refractivity contribution in [3.63, 3.8) is 0 Å². The van der Waals surface area contributed by atoms with Gasteiger partial charge in [-0.2, -0.15) is 0 Å². The predicted molar refractivity (Wildman–Crippen MR) is 56.7 cm³/mol. The third-order valence-electron chi connectivity index (χ3n) is 2.93. The lowest BCUT2D eigenvalue weighted by molar-refractivity contribution is 0.111. The Morgan fingerprint density at radius 3 is 2.93 bits per heavy atom. The maximum absolute atomic E-state index is 14.1. The van der Waals surface area contributed by atoms with Crippen LogP contribution in [0.2, 0.25) is 0 Å². The summed E-state index contributed by atoms with van der Waals surface area (Å²) >= 11 is 0. The van der Waals surface area contributed by atoms with Gasteiger partial charge in [0.05, 0.1) is 0 Å². The van der Waals surface area contributed by atoms with E-state index in [-0.39, 0.29) is 5.92 Å². The molecule has 15 heavy (non-hydrogen) atoms. The second-order valence-electron chi connectivity index (χ2n) is 3.90. The highest BCUT2D eigenvalue weighted by Crippen LogP contribution is 2.31. The van der Waals surface area contributed by atoms with Gasteiger partial charge < -0.3 is 5.32 Å². The van der Waals surface area contributed by atoms with Gasteiger partial charge >= 0.3 is 0 Å². The van der Waals surface area contributed by atoms with E-state index in [4.69, 9.17) is 0 Å². The molecule has 2 unspecified atom stereocenters. The van der Waals surface area contributed by atoms with Gasteiger partial charge in [-0.1, -0.05) is 24.3 Å². The molecule has 0 aromatic heterocycles. The summed E-state index contributed by atoms with van der Waals surface area (Å²) in [6.45, 7) is 1.57. The van der Waals surface area contributed by atoms with Crippen molar-refractivity contribution in [2.75, 3.05) is 13.1 Å². The molecule has 1 saturated heterocycles. The van der Waals surface area contributed by atoms with E-state index >= 15 is 0 Å². The molecule has 1 aliphatic rings. The average molecular weight is 207 g/mol. The molecular weight excluding hydrogens is 193 g/mol. The molecule has 2 rings (SSSR count). The van der Waals surface area contributed by atoms with E-state index in [9.17, 15) is 9.18 Å². The Kier molecular flexibility index (Phi) is 3.11. The number of halogens is 1. The minimum Gasteiger partial charge on any atom is -0.316 e. The predicted octanol–water partition coefficient (Wildman–Crippen LogP) is 2.12. The highest BCUT2D eigenvalue weighted by Gasteiger charge is 2.27. The largest absolute Gasteiger partial charge is 0.316 e. The van der Waals surface area contributed by atoms with Crippen LogP contribution in [0.4, 0.5) is 4.39 Å². The molecule has 2 atom stereocenters. The van der Waals surface area contributed by atoms with Gasteiger partial charge in [-0.15, -0.1) is 0 Å². The molecule has 1 N–H and O–H groups in total. The van der Waals surface area contributed by atoms with Gasteiger partial charge in [0, 0.05) is 18.0 Å². The topological polar surface area (TPSA) is 29.1 Å². The zero-order valence-corrected chi connectivity index (χ0v) is 8.45. The van der Waals surface area contributed by atoms with E-state index in [1.54, 1.807) is 24.3 Å². The summed E-state index contributed by atoms with van der Waals surface area (Å²) in [4.78, 5) is 10.8. The lowest BCUT2D eigenvalue weighted by atomic mass is 9.93. The van der Waals surface area contributed by atoms with Crippen molar-refractivity contribution in [1.29, 1.82) is 0 Å². The van der Waals surface area contributed by atoms with Crippen LogP contribution >= 0.6 is 0 Å². The van der Waals surface area contributed by atoms with E-state index in [0.717, 1.165) is 19.3 Å². The maximum Gasteiger partial charge on any atom is 0.150 e. The van der Waals surface area contributed by atoms with E-state index in [0.29, 0.717) is 17.7 Å². The van der Waals surface area contributed by atoms with Crippen LogP contribution in [-0.2, 0) is 0 Å². The highest BCUT2D eigenvalue weighted by atomic mass is 19.1. The molecule has 0 spiro atoms. The van der Waals surface area contributed by atoms with Gasteiger partial charge in [0.25, 0.3) is 0 Å². The number of nitrogens with one attached hydrogen (secondary N) is 1. The summed E-state index contributed by atoms with van der Waals surface area (Å²) in [5.41, 5.74) is 0.998. The third-order valence-corrected chi connectivity index (χ3v) is 2.93. The fourth-order valence-electron chi connectivity index (χ4n) is 2.05. The molecule has 0 amide bonds. The van der Waals surface area contributed by atoms with Gasteiger partial charge in [0.2, 0.25) is 0 Å². The second-order valence-corrected chi connectivity index (χ2v) is 3.90. The summed E-state index contributed by atoms with van der Waals surface area (Å²) in [6.07, 6.45) is 0.542. The SMILES string of the molecule is O=Cc1ccccc1C(F)C1CCNC1. The molecular formula is C12H14FNO. The lowest BCUT2D eigenvalue weighted by Gasteiger charge is -2.16. The standard InChI is InChI=1S/C12H14FNO/c13-12(9-5-6-14-7-9)11-4-2-1-3-10(11)8-15/h1-4,8-9,12,14H,5-7H2. The van der Waals surface area contributed by atoms with Crippen molar-refractivity contribution >= 4 is 6.29 Å². The summed E-state index contributed by atoms with van der Waals surface area (Å²) in [5.74, 6) is 0.00565. The Balaban J connectivity index is 2.23. The third kappa shape index (κ3) is 2.07. The first-order valence-electron chi connectivity index (χ1n) is 5.22. The molecule has 1 fully saturated rings. The zero-order valence-electron chi connectivity index (χ0n) is 8.45. The van der Waals surface area contributed by atoms with Crippen LogP contribution < -0.4 is 5.32 Å². The monoisotopic (exact) mass is 207 g/mol. The summed E-state index contributed by atoms with van der Waals surface area (Å²) in [6, 6.07) is 6.90. The average Bonchev–Trinajstić information content (AvgIpc) is 2.81. The van der Waals surface area contributed by atoms with Gasteiger partial charge in [-0.3, -0.25) is 4.79 Å². The number of aldehydes is 1. The molecule has 3 heteroatoms. The summed E-state index contributed by atoms with van der Waals surface area (Å²) < 4.78 is 14.1. The number of rotatable bonds is 3. The molecule has 1 aromatic carbocycles. The minimum atomic E-state index is -1.03. The second kappa shape index (κ2) is 4.53. The Labute approximate surface area is 88.5 Å². The van der Waals surface area contributed by atoms with Crippen LogP contribution in [0.25, 0.3) is 0 Å². The molecule has 80 valence electrons. The van der Waals surface area contributed by atoms with Gasteiger partial charge in [-0.25, -0.2) is 4.39 Å². The van der Waals surface area contributed by atoms with Crippen molar-refractivity contribution in [3.05, 3.63) is 35.4 Å². The fraction of sp³-hybridized carbons (Fsp3) is 0.417. The highest BCUT2D eigenvalue weighted by molar-refractivity contribution is 5.77. The quantitative estimate of drug-likeness (QED) is 0.769. The maximum atomic E-state index is 14.1. The van der Waals surface area contributed by atoms with Gasteiger partial charge in [0.1, 0.15) is 12.5 Å². The molecule has 2 nitrogen and oxygen atoms in total. The van der Waals surface area contributed by atoms with E-state index < -0.39 is 6.17 Å². The van der Waals surface area contributed by atoms with Crippen LogP contribution in [0.1, 0.15) is 28.5 Å². The number of hydrogen-bond donors (Lipinski definition) is 1. The van der Waals surface area contributed by atoms with Crippen molar-refractivity contribution in [1.82, 2.24) is 5.32 Å². The van der Waals surface area contributed by atoms with Crippen molar-refractivity contribution in [3.8, 4) is 0 Å². The minimum absolute atomic E-state index is 0.00565. The molecule has 0 bridgehead atoms. The Morgan fingerprint density at radius 2 is 2.27 bits per heavy atom. The lowest BCUT2D eigenvalue weighted by Crippen LogP contribution is -2.14. The molecule has 0 radical (unpaired) electrons. The van der Waals surface area contributed by atoms with Crippen molar-refractivity contribution < 1.29 is 9.18 Å². The normalized spacial score (nSPS) is 22.6. The summed E-state index contributed by atoms with van der Waals surface area (Å²) in [5, 5.41) is 3.13. The van der Waals surface area contributed by atoms with E-state index in [1.807, 2.05) is 0 Å². The van der Waals surface area contributed by atoms with Crippen molar-refractivity contribution in [2.24, 2.45) is 5.92 Å². The van der Waals surface area contributed by atoms with Crippen LogP contribution in [0.5, 0.6) is 0 Å². The fourth-order valence-corrected chi connectivity index (χ4v) is 2.05. The Bertz CT molecular complexity index is 347.